The summed E-state index contributed by atoms with van der Waals surface area (Å²) in [5.74, 6) is 0.419. The molecule has 1 nitrogen and oxygen atoms in total. The molecule has 0 aliphatic carbocycles. The summed E-state index contributed by atoms with van der Waals surface area (Å²) in [6, 6.07) is 10.2. The van der Waals surface area contributed by atoms with Crippen LogP contribution in [0.25, 0.3) is 11.1 Å². The van der Waals surface area contributed by atoms with Gasteiger partial charge in [0.25, 0.3) is 0 Å². The summed E-state index contributed by atoms with van der Waals surface area (Å²) in [5, 5.41) is 0.588. The predicted octanol–water partition coefficient (Wildman–Crippen LogP) is 4.28. The fourth-order valence-corrected chi connectivity index (χ4v) is 2.51. The normalized spacial score (nSPS) is 17.4. The van der Waals surface area contributed by atoms with E-state index in [2.05, 4.69) is 6.92 Å². The third-order valence-corrected chi connectivity index (χ3v) is 3.24. The van der Waals surface area contributed by atoms with Gasteiger partial charge in [-0.3, -0.25) is 0 Å². The van der Waals surface area contributed by atoms with E-state index in [9.17, 15) is 4.39 Å². The van der Waals surface area contributed by atoms with E-state index in [4.69, 9.17) is 16.3 Å². The SMILES string of the molecule is [CH2]C1Cc2cc(Cl)cc(-c3ccccc3F)c2O1. The topological polar surface area (TPSA) is 9.23 Å². The Balaban J connectivity index is 2.22. The average Bonchev–Trinajstić information content (AvgIpc) is 2.69. The zero-order valence-corrected chi connectivity index (χ0v) is 10.4. The first-order valence-electron chi connectivity index (χ1n) is 5.72. The predicted molar refractivity (Wildman–Crippen MR) is 70.3 cm³/mol. The van der Waals surface area contributed by atoms with Crippen molar-refractivity contribution in [2.75, 3.05) is 0 Å². The maximum Gasteiger partial charge on any atom is 0.131 e. The van der Waals surface area contributed by atoms with Crippen LogP contribution in [0.2, 0.25) is 5.02 Å². The molecule has 0 saturated carbocycles. The molecule has 2 aromatic carbocycles. The fraction of sp³-hybridized carbons (Fsp3) is 0.133. The molecule has 0 fully saturated rings. The van der Waals surface area contributed by atoms with Crippen molar-refractivity contribution in [3.63, 3.8) is 0 Å². The summed E-state index contributed by atoms with van der Waals surface area (Å²) < 4.78 is 19.5. The zero-order chi connectivity index (χ0) is 12.7. The van der Waals surface area contributed by atoms with Gasteiger partial charge >= 0.3 is 0 Å². The number of benzene rings is 2. The van der Waals surface area contributed by atoms with Crippen molar-refractivity contribution in [1.82, 2.24) is 0 Å². The highest BCUT2D eigenvalue weighted by molar-refractivity contribution is 6.31. The Labute approximate surface area is 110 Å². The molecule has 0 saturated heterocycles. The number of rotatable bonds is 1. The summed E-state index contributed by atoms with van der Waals surface area (Å²) in [5.41, 5.74) is 2.19. The van der Waals surface area contributed by atoms with Crippen molar-refractivity contribution in [2.24, 2.45) is 0 Å². The lowest BCUT2D eigenvalue weighted by atomic mass is 10.0. The maximum atomic E-state index is 13.9. The molecule has 1 aliphatic heterocycles. The van der Waals surface area contributed by atoms with Gasteiger partial charge in [0.05, 0.1) is 0 Å². The summed E-state index contributed by atoms with van der Waals surface area (Å²) in [7, 11) is 0. The van der Waals surface area contributed by atoms with Crippen LogP contribution in [0.3, 0.4) is 0 Å². The van der Waals surface area contributed by atoms with Crippen LogP contribution in [0.5, 0.6) is 5.75 Å². The van der Waals surface area contributed by atoms with Crippen molar-refractivity contribution in [1.29, 1.82) is 0 Å². The van der Waals surface area contributed by atoms with E-state index in [1.807, 2.05) is 6.07 Å². The summed E-state index contributed by atoms with van der Waals surface area (Å²) in [4.78, 5) is 0. The summed E-state index contributed by atoms with van der Waals surface area (Å²) >= 11 is 6.08. The number of fused-ring (bicyclic) bond motifs is 1. The highest BCUT2D eigenvalue weighted by Gasteiger charge is 2.24. The monoisotopic (exact) mass is 261 g/mol. The Morgan fingerprint density at radius 2 is 2.00 bits per heavy atom. The molecule has 0 aromatic heterocycles. The van der Waals surface area contributed by atoms with E-state index >= 15 is 0 Å². The van der Waals surface area contributed by atoms with Crippen LogP contribution in [0.1, 0.15) is 5.56 Å². The standard InChI is InChI=1S/C15H11ClFO/c1-9-6-10-7-11(16)8-13(15(10)18-9)12-4-2-3-5-14(12)17/h2-5,7-9H,1,6H2. The zero-order valence-electron chi connectivity index (χ0n) is 9.62. The first-order chi connectivity index (χ1) is 8.65. The molecule has 0 N–H and O–H groups in total. The van der Waals surface area contributed by atoms with Gasteiger partial charge in [0, 0.05) is 22.6 Å². The van der Waals surface area contributed by atoms with Gasteiger partial charge in [-0.15, -0.1) is 0 Å². The lowest BCUT2D eigenvalue weighted by Crippen LogP contribution is -2.06. The molecule has 3 rings (SSSR count). The van der Waals surface area contributed by atoms with Crippen molar-refractivity contribution in [2.45, 2.75) is 12.5 Å². The largest absolute Gasteiger partial charge is 0.489 e. The number of ether oxygens (including phenoxy) is 1. The molecule has 0 bridgehead atoms. The highest BCUT2D eigenvalue weighted by Crippen LogP contribution is 2.41. The maximum absolute atomic E-state index is 13.9. The molecular formula is C15H11ClFO. The van der Waals surface area contributed by atoms with Crippen LogP contribution in [0.15, 0.2) is 36.4 Å². The third kappa shape index (κ3) is 1.87. The Morgan fingerprint density at radius 3 is 2.78 bits per heavy atom. The average molecular weight is 262 g/mol. The molecule has 1 unspecified atom stereocenters. The van der Waals surface area contributed by atoms with Crippen LogP contribution in [0, 0.1) is 12.7 Å². The van der Waals surface area contributed by atoms with E-state index in [0.29, 0.717) is 28.3 Å². The molecule has 1 aliphatic rings. The minimum Gasteiger partial charge on any atom is -0.489 e. The Kier molecular flexibility index (Phi) is 2.75. The Bertz CT molecular complexity index is 609. The van der Waals surface area contributed by atoms with Crippen LogP contribution in [0.4, 0.5) is 4.39 Å². The fourth-order valence-electron chi connectivity index (χ4n) is 2.27. The van der Waals surface area contributed by atoms with Gasteiger partial charge in [-0.25, -0.2) is 4.39 Å². The van der Waals surface area contributed by atoms with Crippen molar-refractivity contribution < 1.29 is 9.13 Å². The van der Waals surface area contributed by atoms with Crippen LogP contribution >= 0.6 is 11.6 Å². The first-order valence-corrected chi connectivity index (χ1v) is 6.10. The second kappa shape index (κ2) is 4.29. The lowest BCUT2D eigenvalue weighted by Gasteiger charge is -2.11. The number of hydrogen-bond acceptors (Lipinski definition) is 1. The van der Waals surface area contributed by atoms with Crippen LogP contribution < -0.4 is 4.74 Å². The quantitative estimate of drug-likeness (QED) is 0.744. The number of hydrogen-bond donors (Lipinski definition) is 0. The van der Waals surface area contributed by atoms with E-state index in [1.165, 1.54) is 6.07 Å². The van der Waals surface area contributed by atoms with Crippen molar-refractivity contribution >= 4 is 11.6 Å². The van der Waals surface area contributed by atoms with E-state index in [-0.39, 0.29) is 11.9 Å². The van der Waals surface area contributed by atoms with Crippen LogP contribution in [-0.2, 0) is 6.42 Å². The Morgan fingerprint density at radius 1 is 1.22 bits per heavy atom. The van der Waals surface area contributed by atoms with Gasteiger partial charge in [0.2, 0.25) is 0 Å². The van der Waals surface area contributed by atoms with Crippen molar-refractivity contribution in [3.8, 4) is 16.9 Å². The van der Waals surface area contributed by atoms with Gasteiger partial charge in [0.15, 0.2) is 0 Å². The second-order valence-corrected chi connectivity index (χ2v) is 4.80. The first kappa shape index (κ1) is 11.5. The molecule has 0 amide bonds. The molecule has 3 heteroatoms. The second-order valence-electron chi connectivity index (χ2n) is 4.37. The van der Waals surface area contributed by atoms with Gasteiger partial charge in [-0.05, 0) is 30.7 Å². The summed E-state index contributed by atoms with van der Waals surface area (Å²) in [6.07, 6.45) is 0.571. The van der Waals surface area contributed by atoms with Gasteiger partial charge in [-0.2, -0.15) is 0 Å². The highest BCUT2D eigenvalue weighted by atomic mass is 35.5. The molecule has 0 spiro atoms. The molecule has 1 heterocycles. The van der Waals surface area contributed by atoms with Gasteiger partial charge in [-0.1, -0.05) is 29.8 Å². The molecule has 1 atom stereocenters. The molecule has 91 valence electrons. The van der Waals surface area contributed by atoms with Crippen molar-refractivity contribution in [3.05, 3.63) is 59.7 Å². The minimum atomic E-state index is -0.280. The minimum absolute atomic E-state index is 0.135. The van der Waals surface area contributed by atoms with E-state index in [1.54, 1.807) is 24.3 Å². The summed E-state index contributed by atoms with van der Waals surface area (Å²) in [6.45, 7) is 3.88. The Hall–Kier alpha value is -1.54. The number of halogens is 2. The van der Waals surface area contributed by atoms with Gasteiger partial charge < -0.3 is 4.74 Å². The lowest BCUT2D eigenvalue weighted by molar-refractivity contribution is 0.282. The molecule has 1 radical (unpaired) electrons. The molecular weight excluding hydrogens is 251 g/mol. The smallest absolute Gasteiger partial charge is 0.131 e. The van der Waals surface area contributed by atoms with E-state index in [0.717, 1.165) is 5.56 Å². The molecule has 2 aromatic rings. The molecule has 18 heavy (non-hydrogen) atoms. The third-order valence-electron chi connectivity index (χ3n) is 3.03. The van der Waals surface area contributed by atoms with Crippen LogP contribution in [-0.4, -0.2) is 6.10 Å². The van der Waals surface area contributed by atoms with Gasteiger partial charge in [0.1, 0.15) is 17.7 Å². The van der Waals surface area contributed by atoms with E-state index < -0.39 is 0 Å².